The van der Waals surface area contributed by atoms with Gasteiger partial charge in [0, 0.05) is 5.02 Å². The highest BCUT2D eigenvalue weighted by Gasteiger charge is 2.18. The summed E-state index contributed by atoms with van der Waals surface area (Å²) in [6.45, 7) is 4.10. The molecule has 0 fully saturated rings. The Morgan fingerprint density at radius 2 is 2.00 bits per heavy atom. The number of halogens is 2. The molecule has 1 aromatic heterocycles. The Morgan fingerprint density at radius 3 is 2.44 bits per heavy atom. The molecular formula is C13H15ClIN3. The second-order valence-corrected chi connectivity index (χ2v) is 5.72. The van der Waals surface area contributed by atoms with Crippen LogP contribution in [0.15, 0.2) is 24.3 Å². The van der Waals surface area contributed by atoms with Crippen LogP contribution >= 0.6 is 34.2 Å². The first kappa shape index (κ1) is 13.7. The number of nitrogens with zero attached hydrogens (tertiary/aromatic N) is 2. The monoisotopic (exact) mass is 375 g/mol. The maximum atomic E-state index is 6.11. The summed E-state index contributed by atoms with van der Waals surface area (Å²) in [6.07, 6.45) is 0.934. The van der Waals surface area contributed by atoms with Gasteiger partial charge in [-0.05, 0) is 53.6 Å². The third kappa shape index (κ3) is 2.49. The zero-order valence-corrected chi connectivity index (χ0v) is 13.2. The van der Waals surface area contributed by atoms with Crippen LogP contribution in [-0.2, 0) is 0 Å². The zero-order chi connectivity index (χ0) is 13.3. The largest absolute Gasteiger partial charge is 0.383 e. The van der Waals surface area contributed by atoms with E-state index in [9.17, 15) is 0 Å². The van der Waals surface area contributed by atoms with Gasteiger partial charge in [-0.3, -0.25) is 0 Å². The van der Waals surface area contributed by atoms with Crippen LogP contribution in [0.4, 0.5) is 5.82 Å². The number of nitrogen functional groups attached to an aromatic ring is 1. The molecule has 2 aromatic rings. The van der Waals surface area contributed by atoms with E-state index in [4.69, 9.17) is 17.3 Å². The Labute approximate surface area is 125 Å². The maximum absolute atomic E-state index is 6.11. The number of hydrogen-bond donors (Lipinski definition) is 1. The summed E-state index contributed by atoms with van der Waals surface area (Å²) in [7, 11) is 0. The molecule has 2 N–H and O–H groups in total. The van der Waals surface area contributed by atoms with Crippen molar-refractivity contribution in [2.75, 3.05) is 5.73 Å². The lowest BCUT2D eigenvalue weighted by molar-refractivity contribution is 0.513. The molecular weight excluding hydrogens is 361 g/mol. The molecule has 18 heavy (non-hydrogen) atoms. The van der Waals surface area contributed by atoms with Gasteiger partial charge < -0.3 is 5.73 Å². The van der Waals surface area contributed by atoms with E-state index in [1.54, 1.807) is 0 Å². The van der Waals surface area contributed by atoms with Gasteiger partial charge in [0.25, 0.3) is 0 Å². The minimum absolute atomic E-state index is 0.157. The van der Waals surface area contributed by atoms with E-state index in [1.807, 2.05) is 35.9 Å². The van der Waals surface area contributed by atoms with Gasteiger partial charge in [-0.1, -0.05) is 30.7 Å². The van der Waals surface area contributed by atoms with Gasteiger partial charge in [0.2, 0.25) is 0 Å². The molecule has 0 saturated carbocycles. The van der Waals surface area contributed by atoms with Crippen molar-refractivity contribution in [3.8, 4) is 0 Å². The number of aromatic nitrogens is 2. The van der Waals surface area contributed by atoms with Crippen molar-refractivity contribution < 1.29 is 0 Å². The molecule has 3 nitrogen and oxygen atoms in total. The summed E-state index contributed by atoms with van der Waals surface area (Å²) >= 11 is 8.15. The zero-order valence-electron chi connectivity index (χ0n) is 10.3. The third-order valence-electron chi connectivity index (χ3n) is 2.98. The van der Waals surface area contributed by atoms with Crippen LogP contribution in [0, 0.1) is 10.5 Å². The Balaban J connectivity index is 2.45. The highest BCUT2D eigenvalue weighted by molar-refractivity contribution is 14.1. The van der Waals surface area contributed by atoms with Crippen LogP contribution in [0.1, 0.15) is 30.6 Å². The van der Waals surface area contributed by atoms with Crippen molar-refractivity contribution in [2.45, 2.75) is 26.3 Å². The van der Waals surface area contributed by atoms with Gasteiger partial charge in [-0.25, -0.2) is 4.68 Å². The van der Waals surface area contributed by atoms with Crippen molar-refractivity contribution in [3.05, 3.63) is 44.1 Å². The first-order valence-electron chi connectivity index (χ1n) is 5.80. The number of anilines is 1. The normalized spacial score (nSPS) is 12.7. The Bertz CT molecular complexity index is 548. The first-order chi connectivity index (χ1) is 8.54. The SMILES string of the molecule is CCC(c1ccc(Cl)cc1)n1nc(C)c(I)c1N. The minimum Gasteiger partial charge on any atom is -0.383 e. The van der Waals surface area contributed by atoms with Gasteiger partial charge in [0.15, 0.2) is 0 Å². The van der Waals surface area contributed by atoms with Gasteiger partial charge in [-0.2, -0.15) is 5.10 Å². The number of benzene rings is 1. The van der Waals surface area contributed by atoms with Crippen LogP contribution < -0.4 is 5.73 Å². The maximum Gasteiger partial charge on any atom is 0.136 e. The van der Waals surface area contributed by atoms with Crippen molar-refractivity contribution in [1.29, 1.82) is 0 Å². The molecule has 1 aromatic carbocycles. The van der Waals surface area contributed by atoms with E-state index in [0.717, 1.165) is 26.5 Å². The number of hydrogen-bond acceptors (Lipinski definition) is 2. The lowest BCUT2D eigenvalue weighted by Crippen LogP contribution is -2.14. The molecule has 1 atom stereocenters. The second-order valence-electron chi connectivity index (χ2n) is 4.20. The predicted molar refractivity (Wildman–Crippen MR) is 84.0 cm³/mol. The average Bonchev–Trinajstić information content (AvgIpc) is 2.61. The molecule has 0 saturated heterocycles. The van der Waals surface area contributed by atoms with Crippen molar-refractivity contribution in [2.24, 2.45) is 0 Å². The predicted octanol–water partition coefficient (Wildman–Crippen LogP) is 4.03. The third-order valence-corrected chi connectivity index (χ3v) is 4.57. The summed E-state index contributed by atoms with van der Waals surface area (Å²) < 4.78 is 2.93. The highest BCUT2D eigenvalue weighted by Crippen LogP contribution is 2.28. The minimum atomic E-state index is 0.157. The summed E-state index contributed by atoms with van der Waals surface area (Å²) in [6, 6.07) is 8.01. The van der Waals surface area contributed by atoms with Crippen molar-refractivity contribution in [3.63, 3.8) is 0 Å². The molecule has 1 heterocycles. The molecule has 96 valence electrons. The molecule has 2 rings (SSSR count). The lowest BCUT2D eigenvalue weighted by Gasteiger charge is -2.17. The molecule has 0 aliphatic heterocycles. The van der Waals surface area contributed by atoms with E-state index in [1.165, 1.54) is 5.56 Å². The van der Waals surface area contributed by atoms with Crippen molar-refractivity contribution in [1.82, 2.24) is 9.78 Å². The van der Waals surface area contributed by atoms with E-state index in [-0.39, 0.29) is 6.04 Å². The van der Waals surface area contributed by atoms with Crippen molar-refractivity contribution >= 4 is 40.0 Å². The second kappa shape index (κ2) is 5.48. The molecule has 0 amide bonds. The molecule has 0 bridgehead atoms. The fourth-order valence-corrected chi connectivity index (χ4v) is 2.50. The fourth-order valence-electron chi connectivity index (χ4n) is 2.02. The van der Waals surface area contributed by atoms with Gasteiger partial charge in [0.05, 0.1) is 15.3 Å². The lowest BCUT2D eigenvalue weighted by atomic mass is 10.1. The van der Waals surface area contributed by atoms with E-state index in [0.29, 0.717) is 0 Å². The summed E-state index contributed by atoms with van der Waals surface area (Å²) in [5, 5.41) is 5.27. The number of rotatable bonds is 3. The number of nitrogens with two attached hydrogens (primary N) is 1. The van der Waals surface area contributed by atoms with Crippen LogP contribution in [0.2, 0.25) is 5.02 Å². The first-order valence-corrected chi connectivity index (χ1v) is 7.25. The average molecular weight is 376 g/mol. The summed E-state index contributed by atoms with van der Waals surface area (Å²) in [5.41, 5.74) is 8.26. The Kier molecular flexibility index (Phi) is 4.17. The van der Waals surface area contributed by atoms with Gasteiger partial charge >= 0.3 is 0 Å². The molecule has 1 unspecified atom stereocenters. The smallest absolute Gasteiger partial charge is 0.136 e. The molecule has 0 radical (unpaired) electrons. The van der Waals surface area contributed by atoms with E-state index < -0.39 is 0 Å². The standard InChI is InChI=1S/C13H15ClIN3/c1-3-11(9-4-6-10(14)7-5-9)18-13(16)12(15)8(2)17-18/h4-7,11H,3,16H2,1-2H3. The topological polar surface area (TPSA) is 43.8 Å². The van der Waals surface area contributed by atoms with Crippen LogP contribution in [0.25, 0.3) is 0 Å². The molecule has 0 aliphatic carbocycles. The van der Waals surface area contributed by atoms with E-state index in [2.05, 4.69) is 34.6 Å². The van der Waals surface area contributed by atoms with Gasteiger partial charge in [-0.15, -0.1) is 0 Å². The molecule has 5 heteroatoms. The van der Waals surface area contributed by atoms with Crippen LogP contribution in [-0.4, -0.2) is 9.78 Å². The van der Waals surface area contributed by atoms with Crippen LogP contribution in [0.5, 0.6) is 0 Å². The summed E-state index contributed by atoms with van der Waals surface area (Å²) in [4.78, 5) is 0. The Hall–Kier alpha value is -0.750. The van der Waals surface area contributed by atoms with Crippen LogP contribution in [0.3, 0.4) is 0 Å². The molecule has 0 spiro atoms. The number of aryl methyl sites for hydroxylation is 1. The highest BCUT2D eigenvalue weighted by atomic mass is 127. The summed E-state index contributed by atoms with van der Waals surface area (Å²) in [5.74, 6) is 0.731. The molecule has 0 aliphatic rings. The Morgan fingerprint density at radius 1 is 1.39 bits per heavy atom. The van der Waals surface area contributed by atoms with Gasteiger partial charge in [0.1, 0.15) is 5.82 Å². The van der Waals surface area contributed by atoms with E-state index >= 15 is 0 Å². The quantitative estimate of drug-likeness (QED) is 0.823. The fraction of sp³-hybridized carbons (Fsp3) is 0.308.